The second-order valence-electron chi connectivity index (χ2n) is 8.39. The highest BCUT2D eigenvalue weighted by atomic mass is 79.9. The Morgan fingerprint density at radius 1 is 0.441 bits per heavy atom. The maximum absolute atomic E-state index is 3.59. The Hall–Kier alpha value is -3.88. The van der Waals surface area contributed by atoms with E-state index in [0.29, 0.717) is 0 Å². The fraction of sp³-hybridized carbons (Fsp3) is 0. The molecular weight excluding hydrogens is 478 g/mol. The van der Waals surface area contributed by atoms with Gasteiger partial charge in [-0.2, -0.15) is 0 Å². The summed E-state index contributed by atoms with van der Waals surface area (Å²) < 4.78 is 1.09. The van der Waals surface area contributed by atoms with Crippen molar-refractivity contribution in [1.29, 1.82) is 0 Å². The SMILES string of the molecule is Brc1cccc(-c2ccc(N(c3ccccc3)c3cc4ccccc4c4ccccc34)cc2)c1. The van der Waals surface area contributed by atoms with E-state index >= 15 is 0 Å². The summed E-state index contributed by atoms with van der Waals surface area (Å²) in [6.45, 7) is 0. The molecule has 0 spiro atoms. The molecule has 0 fully saturated rings. The first-order valence-electron chi connectivity index (χ1n) is 11.4. The van der Waals surface area contributed by atoms with E-state index in [0.717, 1.165) is 15.8 Å². The molecule has 0 bridgehead atoms. The fourth-order valence-corrected chi connectivity index (χ4v) is 5.09. The summed E-state index contributed by atoms with van der Waals surface area (Å²) in [6, 6.07) is 47.5. The molecule has 0 heterocycles. The number of nitrogens with zero attached hydrogens (tertiary/aromatic N) is 1. The molecule has 6 rings (SSSR count). The van der Waals surface area contributed by atoms with E-state index in [1.54, 1.807) is 0 Å². The smallest absolute Gasteiger partial charge is 0.0546 e. The van der Waals surface area contributed by atoms with Crippen LogP contribution in [0.4, 0.5) is 17.1 Å². The van der Waals surface area contributed by atoms with Crippen molar-refractivity contribution < 1.29 is 0 Å². The van der Waals surface area contributed by atoms with Crippen molar-refractivity contribution in [2.45, 2.75) is 0 Å². The lowest BCUT2D eigenvalue weighted by atomic mass is 9.98. The average Bonchev–Trinajstić information content (AvgIpc) is 2.90. The average molecular weight is 500 g/mol. The lowest BCUT2D eigenvalue weighted by molar-refractivity contribution is 1.30. The number of benzene rings is 6. The molecular formula is C32H22BrN. The highest BCUT2D eigenvalue weighted by Crippen LogP contribution is 2.42. The van der Waals surface area contributed by atoms with Crippen molar-refractivity contribution in [3.05, 3.63) is 138 Å². The van der Waals surface area contributed by atoms with Crippen LogP contribution >= 0.6 is 15.9 Å². The van der Waals surface area contributed by atoms with Gasteiger partial charge in [0.05, 0.1) is 5.69 Å². The van der Waals surface area contributed by atoms with Crippen LogP contribution in [0.3, 0.4) is 0 Å². The van der Waals surface area contributed by atoms with E-state index in [1.165, 1.54) is 38.4 Å². The van der Waals surface area contributed by atoms with E-state index in [9.17, 15) is 0 Å². The van der Waals surface area contributed by atoms with Crippen molar-refractivity contribution >= 4 is 54.5 Å². The molecule has 6 aromatic rings. The summed E-state index contributed by atoms with van der Waals surface area (Å²) >= 11 is 3.59. The molecule has 6 aromatic carbocycles. The van der Waals surface area contributed by atoms with Gasteiger partial charge in [0.2, 0.25) is 0 Å². The van der Waals surface area contributed by atoms with Crippen LogP contribution in [0.1, 0.15) is 0 Å². The second-order valence-corrected chi connectivity index (χ2v) is 9.31. The summed E-state index contributed by atoms with van der Waals surface area (Å²) in [7, 11) is 0. The minimum absolute atomic E-state index is 1.09. The van der Waals surface area contributed by atoms with Crippen LogP contribution < -0.4 is 4.90 Å². The van der Waals surface area contributed by atoms with Gasteiger partial charge in [-0.25, -0.2) is 0 Å². The zero-order valence-electron chi connectivity index (χ0n) is 18.5. The van der Waals surface area contributed by atoms with Crippen LogP contribution in [0, 0.1) is 0 Å². The van der Waals surface area contributed by atoms with E-state index < -0.39 is 0 Å². The minimum atomic E-state index is 1.09. The number of fused-ring (bicyclic) bond motifs is 3. The lowest BCUT2D eigenvalue weighted by Crippen LogP contribution is -2.10. The number of anilines is 3. The molecule has 0 aliphatic rings. The number of para-hydroxylation sites is 1. The molecule has 34 heavy (non-hydrogen) atoms. The summed E-state index contributed by atoms with van der Waals surface area (Å²) in [6.07, 6.45) is 0. The molecule has 0 atom stereocenters. The molecule has 0 saturated carbocycles. The maximum Gasteiger partial charge on any atom is 0.0546 e. The van der Waals surface area contributed by atoms with Crippen molar-refractivity contribution in [3.8, 4) is 11.1 Å². The van der Waals surface area contributed by atoms with Crippen LogP contribution in [-0.4, -0.2) is 0 Å². The van der Waals surface area contributed by atoms with Gasteiger partial charge in [0, 0.05) is 21.2 Å². The van der Waals surface area contributed by atoms with Crippen LogP contribution in [0.2, 0.25) is 0 Å². The third kappa shape index (κ3) is 3.76. The summed E-state index contributed by atoms with van der Waals surface area (Å²) in [5.74, 6) is 0. The molecule has 0 amide bonds. The zero-order valence-corrected chi connectivity index (χ0v) is 20.1. The Morgan fingerprint density at radius 2 is 1.09 bits per heavy atom. The third-order valence-corrected chi connectivity index (χ3v) is 6.78. The maximum atomic E-state index is 3.59. The molecule has 0 N–H and O–H groups in total. The topological polar surface area (TPSA) is 3.24 Å². The van der Waals surface area contributed by atoms with Crippen LogP contribution in [0.5, 0.6) is 0 Å². The predicted octanol–water partition coefficient (Wildman–Crippen LogP) is 9.89. The minimum Gasteiger partial charge on any atom is -0.310 e. The first-order chi connectivity index (χ1) is 16.8. The molecule has 162 valence electrons. The molecule has 2 heteroatoms. The molecule has 0 aliphatic heterocycles. The standard InChI is InChI=1S/C32H22BrN/c33-26-11-8-10-24(21-26)23-17-19-28(20-18-23)34(27-12-2-1-3-13-27)32-22-25-9-4-5-14-29(25)30-15-6-7-16-31(30)32/h1-22H. The van der Waals surface area contributed by atoms with Gasteiger partial charge in [-0.05, 0) is 69.8 Å². The second kappa shape index (κ2) is 8.81. The van der Waals surface area contributed by atoms with Crippen molar-refractivity contribution in [3.63, 3.8) is 0 Å². The first-order valence-corrected chi connectivity index (χ1v) is 12.2. The van der Waals surface area contributed by atoms with Crippen molar-refractivity contribution in [2.75, 3.05) is 4.90 Å². The van der Waals surface area contributed by atoms with Gasteiger partial charge < -0.3 is 4.90 Å². The highest BCUT2D eigenvalue weighted by molar-refractivity contribution is 9.10. The van der Waals surface area contributed by atoms with E-state index in [2.05, 4.69) is 154 Å². The zero-order chi connectivity index (χ0) is 22.9. The lowest BCUT2D eigenvalue weighted by Gasteiger charge is -2.27. The van der Waals surface area contributed by atoms with E-state index in [4.69, 9.17) is 0 Å². The number of halogens is 1. The van der Waals surface area contributed by atoms with E-state index in [-0.39, 0.29) is 0 Å². The van der Waals surface area contributed by atoms with Crippen LogP contribution in [0.15, 0.2) is 138 Å². The molecule has 0 saturated heterocycles. The monoisotopic (exact) mass is 499 g/mol. The van der Waals surface area contributed by atoms with Crippen molar-refractivity contribution in [2.24, 2.45) is 0 Å². The normalized spacial score (nSPS) is 11.1. The first kappa shape index (κ1) is 20.7. The Morgan fingerprint density at radius 3 is 1.85 bits per heavy atom. The van der Waals surface area contributed by atoms with Gasteiger partial charge in [0.1, 0.15) is 0 Å². The van der Waals surface area contributed by atoms with E-state index in [1.807, 2.05) is 0 Å². The van der Waals surface area contributed by atoms with Crippen LogP contribution in [-0.2, 0) is 0 Å². The molecule has 0 unspecified atom stereocenters. The van der Waals surface area contributed by atoms with Crippen LogP contribution in [0.25, 0.3) is 32.7 Å². The number of hydrogen-bond acceptors (Lipinski definition) is 1. The van der Waals surface area contributed by atoms with Gasteiger partial charge in [-0.15, -0.1) is 0 Å². The predicted molar refractivity (Wildman–Crippen MR) is 149 cm³/mol. The Kier molecular flexibility index (Phi) is 5.37. The van der Waals surface area contributed by atoms with Gasteiger partial charge >= 0.3 is 0 Å². The van der Waals surface area contributed by atoms with Gasteiger partial charge in [0.25, 0.3) is 0 Å². The van der Waals surface area contributed by atoms with Gasteiger partial charge in [-0.3, -0.25) is 0 Å². The van der Waals surface area contributed by atoms with Gasteiger partial charge in [-0.1, -0.05) is 107 Å². The largest absolute Gasteiger partial charge is 0.310 e. The number of hydrogen-bond donors (Lipinski definition) is 0. The van der Waals surface area contributed by atoms with Crippen molar-refractivity contribution in [1.82, 2.24) is 0 Å². The summed E-state index contributed by atoms with van der Waals surface area (Å²) in [4.78, 5) is 2.36. The molecule has 0 aromatic heterocycles. The van der Waals surface area contributed by atoms with Gasteiger partial charge in [0.15, 0.2) is 0 Å². The molecule has 0 radical (unpaired) electrons. The molecule has 1 nitrogen and oxygen atoms in total. The Balaban J connectivity index is 1.57. The summed E-state index contributed by atoms with van der Waals surface area (Å²) in [5, 5.41) is 5.02. The summed E-state index contributed by atoms with van der Waals surface area (Å²) in [5.41, 5.74) is 5.84. The third-order valence-electron chi connectivity index (χ3n) is 6.28. The fourth-order valence-electron chi connectivity index (χ4n) is 4.69. The Labute approximate surface area is 208 Å². The Bertz CT molecular complexity index is 1600. The quantitative estimate of drug-likeness (QED) is 0.218. The highest BCUT2D eigenvalue weighted by Gasteiger charge is 2.17. The molecule has 0 aliphatic carbocycles. The number of rotatable bonds is 4.